The Hall–Kier alpha value is -1.88. The van der Waals surface area contributed by atoms with Crippen molar-refractivity contribution in [2.45, 2.75) is 6.92 Å². The van der Waals surface area contributed by atoms with Crippen LogP contribution in [0, 0.1) is 6.92 Å². The number of nitrogens with zero attached hydrogens (tertiary/aromatic N) is 1. The van der Waals surface area contributed by atoms with E-state index in [-0.39, 0.29) is 5.91 Å². The number of amides is 1. The zero-order valence-electron chi connectivity index (χ0n) is 8.81. The highest BCUT2D eigenvalue weighted by Gasteiger charge is 2.17. The van der Waals surface area contributed by atoms with Gasteiger partial charge in [-0.25, -0.2) is 4.79 Å². The van der Waals surface area contributed by atoms with Gasteiger partial charge in [0.05, 0.1) is 5.56 Å². The lowest BCUT2D eigenvalue weighted by Crippen LogP contribution is -2.47. The Labute approximate surface area is 97.3 Å². The van der Waals surface area contributed by atoms with E-state index in [9.17, 15) is 4.79 Å². The lowest BCUT2D eigenvalue weighted by Gasteiger charge is -1.97. The normalized spacial score (nSPS) is 10.1. The minimum Gasteiger partial charge on any atom is -0.268 e. The van der Waals surface area contributed by atoms with Crippen LogP contribution in [0.2, 0.25) is 0 Å². The van der Waals surface area contributed by atoms with Crippen molar-refractivity contribution in [3.8, 4) is 0 Å². The summed E-state index contributed by atoms with van der Waals surface area (Å²) in [6, 6.07) is 9.04. The molecule has 0 radical (unpaired) electrons. The maximum Gasteiger partial charge on any atom is 0.365 e. The van der Waals surface area contributed by atoms with Crippen molar-refractivity contribution < 1.29 is 9.47 Å². The van der Waals surface area contributed by atoms with Crippen LogP contribution in [0.4, 0.5) is 5.13 Å². The average Bonchev–Trinajstić information content (AvgIpc) is 2.62. The minimum absolute atomic E-state index is 0.151. The van der Waals surface area contributed by atoms with Gasteiger partial charge in [0.15, 0.2) is 0 Å². The van der Waals surface area contributed by atoms with Gasteiger partial charge in [-0.05, 0) is 12.1 Å². The Morgan fingerprint density at radius 2 is 2.06 bits per heavy atom. The maximum absolute atomic E-state index is 11.8. The lowest BCUT2D eigenvalue weighted by molar-refractivity contribution is -0.625. The zero-order valence-corrected chi connectivity index (χ0v) is 9.62. The molecule has 0 aliphatic rings. The summed E-state index contributed by atoms with van der Waals surface area (Å²) < 4.78 is 1.46. The fourth-order valence-electron chi connectivity index (χ4n) is 1.26. The smallest absolute Gasteiger partial charge is 0.268 e. The van der Waals surface area contributed by atoms with Crippen molar-refractivity contribution in [1.29, 1.82) is 0 Å². The molecule has 0 saturated heterocycles. The number of nitrogen functional groups attached to an aromatic ring is 1. The van der Waals surface area contributed by atoms with E-state index < -0.39 is 0 Å². The van der Waals surface area contributed by atoms with E-state index in [0.717, 1.165) is 5.69 Å². The molecule has 0 aliphatic carbocycles. The average molecular weight is 234 g/mol. The summed E-state index contributed by atoms with van der Waals surface area (Å²) >= 11 is 1.41. The Morgan fingerprint density at radius 3 is 2.62 bits per heavy atom. The first-order valence-electron chi connectivity index (χ1n) is 4.80. The van der Waals surface area contributed by atoms with Gasteiger partial charge < -0.3 is 0 Å². The van der Waals surface area contributed by atoms with Gasteiger partial charge in [0, 0.05) is 12.3 Å². The summed E-state index contributed by atoms with van der Waals surface area (Å²) in [7, 11) is 0. The van der Waals surface area contributed by atoms with Crippen molar-refractivity contribution in [3.63, 3.8) is 0 Å². The first kappa shape index (κ1) is 10.6. The number of carbonyl (C=O) groups is 1. The van der Waals surface area contributed by atoms with Gasteiger partial charge in [-0.1, -0.05) is 29.5 Å². The van der Waals surface area contributed by atoms with Crippen LogP contribution in [0.1, 0.15) is 16.1 Å². The van der Waals surface area contributed by atoms with E-state index in [1.165, 1.54) is 16.0 Å². The van der Waals surface area contributed by atoms with Crippen molar-refractivity contribution in [2.24, 2.45) is 0 Å². The molecule has 2 rings (SSSR count). The fourth-order valence-corrected chi connectivity index (χ4v) is 2.07. The number of hydrogen-bond donors (Lipinski definition) is 2. The molecule has 82 valence electrons. The molecular formula is C11H12N3OS+. The molecule has 1 aromatic heterocycles. The molecule has 0 unspecified atom stereocenters. The quantitative estimate of drug-likeness (QED) is 0.608. The highest BCUT2D eigenvalue weighted by molar-refractivity contribution is 7.13. The summed E-state index contributed by atoms with van der Waals surface area (Å²) in [5, 5.41) is 5.29. The first-order valence-corrected chi connectivity index (χ1v) is 5.68. The molecule has 2 aromatic rings. The number of rotatable bonds is 2. The molecule has 1 amide bonds. The number of aryl methyl sites for hydroxylation is 1. The van der Waals surface area contributed by atoms with Crippen molar-refractivity contribution in [3.05, 3.63) is 47.0 Å². The standard InChI is InChI=1S/C11H11N3OS/c1-8-7-16-11(14(8)12)13-10(15)9-5-3-2-4-6-9/h2-7H,12H2,1H3/p+1. The van der Waals surface area contributed by atoms with Crippen LogP contribution in [0.15, 0.2) is 35.7 Å². The van der Waals surface area contributed by atoms with Crippen LogP contribution in [0.3, 0.4) is 0 Å². The Kier molecular flexibility index (Phi) is 2.87. The van der Waals surface area contributed by atoms with Gasteiger partial charge in [0.25, 0.3) is 0 Å². The van der Waals surface area contributed by atoms with Crippen molar-refractivity contribution >= 4 is 22.4 Å². The number of nitrogens with two attached hydrogens (primary N) is 1. The summed E-state index contributed by atoms with van der Waals surface area (Å²) in [4.78, 5) is 11.8. The highest BCUT2D eigenvalue weighted by atomic mass is 32.1. The van der Waals surface area contributed by atoms with Crippen LogP contribution in [0.25, 0.3) is 0 Å². The molecule has 0 saturated carbocycles. The highest BCUT2D eigenvalue weighted by Crippen LogP contribution is 2.12. The van der Waals surface area contributed by atoms with Crippen LogP contribution < -0.4 is 15.8 Å². The Balaban J connectivity index is 2.17. The molecular weight excluding hydrogens is 222 g/mol. The largest absolute Gasteiger partial charge is 0.365 e. The van der Waals surface area contributed by atoms with E-state index in [4.69, 9.17) is 5.84 Å². The van der Waals surface area contributed by atoms with E-state index in [2.05, 4.69) is 5.32 Å². The van der Waals surface area contributed by atoms with Crippen LogP contribution in [-0.4, -0.2) is 5.91 Å². The maximum atomic E-state index is 11.8. The Morgan fingerprint density at radius 1 is 1.38 bits per heavy atom. The molecule has 0 spiro atoms. The second kappa shape index (κ2) is 4.32. The molecule has 0 bridgehead atoms. The fraction of sp³-hybridized carbons (Fsp3) is 0.0909. The lowest BCUT2D eigenvalue weighted by atomic mass is 10.2. The van der Waals surface area contributed by atoms with E-state index >= 15 is 0 Å². The molecule has 1 aromatic carbocycles. The third-order valence-corrected chi connectivity index (χ3v) is 3.18. The predicted molar refractivity (Wildman–Crippen MR) is 63.8 cm³/mol. The number of benzene rings is 1. The van der Waals surface area contributed by atoms with E-state index in [0.29, 0.717) is 10.7 Å². The number of thiazole rings is 1. The van der Waals surface area contributed by atoms with Gasteiger partial charge in [-0.15, -0.1) is 4.68 Å². The second-order valence-corrected chi connectivity index (χ2v) is 4.23. The van der Waals surface area contributed by atoms with Crippen LogP contribution >= 0.6 is 11.3 Å². The number of anilines is 1. The third kappa shape index (κ3) is 2.04. The molecule has 16 heavy (non-hydrogen) atoms. The van der Waals surface area contributed by atoms with Crippen molar-refractivity contribution in [1.82, 2.24) is 0 Å². The minimum atomic E-state index is -0.151. The summed E-state index contributed by atoms with van der Waals surface area (Å²) in [6.07, 6.45) is 0. The SMILES string of the molecule is Cc1csc(NC(=O)c2ccccc2)[n+]1N. The third-order valence-electron chi connectivity index (χ3n) is 2.20. The zero-order chi connectivity index (χ0) is 11.5. The first-order chi connectivity index (χ1) is 7.68. The van der Waals surface area contributed by atoms with Crippen LogP contribution in [0.5, 0.6) is 0 Å². The van der Waals surface area contributed by atoms with Gasteiger partial charge in [0.1, 0.15) is 5.69 Å². The number of hydrogen-bond acceptors (Lipinski definition) is 3. The molecule has 0 fully saturated rings. The molecule has 3 N–H and O–H groups in total. The second-order valence-electron chi connectivity index (χ2n) is 3.37. The molecule has 0 aliphatic heterocycles. The number of carbonyl (C=O) groups excluding carboxylic acids is 1. The van der Waals surface area contributed by atoms with Gasteiger partial charge in [-0.3, -0.25) is 5.84 Å². The van der Waals surface area contributed by atoms with E-state index in [1.807, 2.05) is 30.5 Å². The Bertz CT molecular complexity index is 507. The van der Waals surface area contributed by atoms with Gasteiger partial charge in [-0.2, -0.15) is 5.32 Å². The molecule has 4 nitrogen and oxygen atoms in total. The van der Waals surface area contributed by atoms with Crippen molar-refractivity contribution in [2.75, 3.05) is 11.2 Å². The molecule has 5 heteroatoms. The van der Waals surface area contributed by atoms with Crippen LogP contribution in [-0.2, 0) is 0 Å². The van der Waals surface area contributed by atoms with Gasteiger partial charge >= 0.3 is 11.0 Å². The van der Waals surface area contributed by atoms with Gasteiger partial charge in [0.2, 0.25) is 0 Å². The monoisotopic (exact) mass is 234 g/mol. The summed E-state index contributed by atoms with van der Waals surface area (Å²) in [5.41, 5.74) is 1.53. The number of aromatic nitrogens is 1. The summed E-state index contributed by atoms with van der Waals surface area (Å²) in [6.45, 7) is 1.88. The number of nitrogens with one attached hydrogen (secondary N) is 1. The van der Waals surface area contributed by atoms with E-state index in [1.54, 1.807) is 12.1 Å². The topological polar surface area (TPSA) is 59.0 Å². The predicted octanol–water partition coefficient (Wildman–Crippen LogP) is 1.31. The molecule has 0 atom stereocenters. The summed E-state index contributed by atoms with van der Waals surface area (Å²) in [5.74, 6) is 5.59. The molecule has 1 heterocycles.